The van der Waals surface area contributed by atoms with Crippen LogP contribution in [-0.2, 0) is 0 Å². The van der Waals surface area contributed by atoms with Gasteiger partial charge in [0, 0.05) is 6.04 Å². The first-order valence-electron chi connectivity index (χ1n) is 7.21. The van der Waals surface area contributed by atoms with Crippen molar-refractivity contribution in [2.24, 2.45) is 11.3 Å². The van der Waals surface area contributed by atoms with Gasteiger partial charge in [0.1, 0.15) is 5.75 Å². The van der Waals surface area contributed by atoms with Crippen molar-refractivity contribution in [3.63, 3.8) is 0 Å². The first-order chi connectivity index (χ1) is 9.66. The molecule has 0 bridgehead atoms. The highest BCUT2D eigenvalue weighted by Gasteiger charge is 2.37. The van der Waals surface area contributed by atoms with Gasteiger partial charge in [0.25, 0.3) is 0 Å². The van der Waals surface area contributed by atoms with Crippen LogP contribution in [0.3, 0.4) is 0 Å². The number of para-hydroxylation sites is 2. The molecule has 0 aromatic heterocycles. The number of ether oxygens (including phenoxy) is 1. The highest BCUT2D eigenvalue weighted by molar-refractivity contribution is 5.57. The predicted molar refractivity (Wildman–Crippen MR) is 77.6 cm³/mol. The Morgan fingerprint density at radius 2 is 1.90 bits per heavy atom. The molecule has 0 radical (unpaired) electrons. The van der Waals surface area contributed by atoms with E-state index < -0.39 is 12.8 Å². The van der Waals surface area contributed by atoms with Crippen LogP contribution in [0.15, 0.2) is 24.3 Å². The Hall–Kier alpha value is -1.39. The van der Waals surface area contributed by atoms with Gasteiger partial charge in [-0.1, -0.05) is 32.9 Å². The fourth-order valence-electron chi connectivity index (χ4n) is 3.16. The molecule has 2 atom stereocenters. The van der Waals surface area contributed by atoms with Crippen molar-refractivity contribution >= 4 is 5.69 Å². The van der Waals surface area contributed by atoms with Crippen molar-refractivity contribution < 1.29 is 17.9 Å². The van der Waals surface area contributed by atoms with Gasteiger partial charge in [-0.15, -0.1) is 0 Å². The highest BCUT2D eigenvalue weighted by Crippen LogP contribution is 2.43. The van der Waals surface area contributed by atoms with Crippen LogP contribution < -0.4 is 10.1 Å². The van der Waals surface area contributed by atoms with Crippen LogP contribution in [-0.4, -0.2) is 18.8 Å². The summed E-state index contributed by atoms with van der Waals surface area (Å²) in [5.41, 5.74) is 0.898. The second kappa shape index (κ2) is 5.78. The summed E-state index contributed by atoms with van der Waals surface area (Å²) in [5.74, 6) is 0.738. The number of alkyl halides is 3. The summed E-state index contributed by atoms with van der Waals surface area (Å²) in [4.78, 5) is 0. The number of rotatable bonds is 4. The molecule has 2 unspecified atom stereocenters. The van der Waals surface area contributed by atoms with E-state index in [1.165, 1.54) is 0 Å². The topological polar surface area (TPSA) is 21.3 Å². The lowest BCUT2D eigenvalue weighted by atomic mass is 9.91. The quantitative estimate of drug-likeness (QED) is 0.857. The molecule has 1 fully saturated rings. The molecule has 1 aromatic rings. The van der Waals surface area contributed by atoms with Crippen LogP contribution >= 0.6 is 0 Å². The molecule has 0 heterocycles. The van der Waals surface area contributed by atoms with Gasteiger partial charge in [-0.2, -0.15) is 13.2 Å². The van der Waals surface area contributed by atoms with E-state index in [0.717, 1.165) is 12.8 Å². The third-order valence-corrected chi connectivity index (χ3v) is 3.95. The minimum absolute atomic E-state index is 0.256. The van der Waals surface area contributed by atoms with E-state index in [2.05, 4.69) is 26.1 Å². The van der Waals surface area contributed by atoms with Crippen LogP contribution in [0.5, 0.6) is 5.75 Å². The van der Waals surface area contributed by atoms with Gasteiger partial charge in [0.05, 0.1) is 5.69 Å². The number of halogens is 3. The van der Waals surface area contributed by atoms with Gasteiger partial charge in [0.2, 0.25) is 0 Å². The van der Waals surface area contributed by atoms with E-state index in [0.29, 0.717) is 11.6 Å². The molecule has 1 N–H and O–H groups in total. The maximum absolute atomic E-state index is 12.3. The molecule has 0 spiro atoms. The fourth-order valence-corrected chi connectivity index (χ4v) is 3.16. The summed E-state index contributed by atoms with van der Waals surface area (Å²) in [5, 5.41) is 3.36. The van der Waals surface area contributed by atoms with E-state index >= 15 is 0 Å². The zero-order valence-electron chi connectivity index (χ0n) is 12.6. The fraction of sp³-hybridized carbons (Fsp3) is 0.625. The molecule has 1 saturated carbocycles. The number of hydrogen-bond donors (Lipinski definition) is 1. The normalized spacial score (nSPS) is 24.9. The van der Waals surface area contributed by atoms with Crippen LogP contribution in [0.1, 0.15) is 33.6 Å². The average molecular weight is 301 g/mol. The Kier molecular flexibility index (Phi) is 4.40. The lowest BCUT2D eigenvalue weighted by Gasteiger charge is -2.22. The monoisotopic (exact) mass is 301 g/mol. The molecule has 0 saturated heterocycles. The van der Waals surface area contributed by atoms with Crippen LogP contribution in [0.4, 0.5) is 18.9 Å². The maximum atomic E-state index is 12.3. The molecule has 0 aliphatic heterocycles. The van der Waals surface area contributed by atoms with Crippen LogP contribution in [0.2, 0.25) is 0 Å². The van der Waals surface area contributed by atoms with Gasteiger partial charge in [-0.25, -0.2) is 0 Å². The van der Waals surface area contributed by atoms with Crippen LogP contribution in [0, 0.1) is 11.3 Å². The molecule has 2 rings (SSSR count). The highest BCUT2D eigenvalue weighted by atomic mass is 19.4. The third-order valence-electron chi connectivity index (χ3n) is 3.95. The Balaban J connectivity index is 2.07. The Labute approximate surface area is 123 Å². The minimum Gasteiger partial charge on any atom is -0.482 e. The van der Waals surface area contributed by atoms with Crippen LogP contribution in [0.25, 0.3) is 0 Å². The first-order valence-corrected chi connectivity index (χ1v) is 7.21. The second-order valence-electron chi connectivity index (χ2n) is 6.70. The molecule has 118 valence electrons. The number of nitrogens with one attached hydrogen (secondary N) is 1. The number of anilines is 1. The van der Waals surface area contributed by atoms with Crippen molar-refractivity contribution in [3.8, 4) is 5.75 Å². The largest absolute Gasteiger partial charge is 0.482 e. The molecular weight excluding hydrogens is 279 g/mol. The summed E-state index contributed by atoms with van der Waals surface area (Å²) in [6, 6.07) is 7.07. The summed E-state index contributed by atoms with van der Waals surface area (Å²) >= 11 is 0. The molecular formula is C16H22F3NO. The molecule has 21 heavy (non-hydrogen) atoms. The Bertz CT molecular complexity index is 485. The summed E-state index contributed by atoms with van der Waals surface area (Å²) in [7, 11) is 0. The summed E-state index contributed by atoms with van der Waals surface area (Å²) in [6.45, 7) is 5.34. The number of hydrogen-bond acceptors (Lipinski definition) is 2. The smallest absolute Gasteiger partial charge is 0.422 e. The zero-order chi connectivity index (χ0) is 15.7. The average Bonchev–Trinajstić information content (AvgIpc) is 2.60. The van der Waals surface area contributed by atoms with Crippen molar-refractivity contribution in [2.75, 3.05) is 11.9 Å². The van der Waals surface area contributed by atoms with Gasteiger partial charge in [-0.3, -0.25) is 0 Å². The van der Waals surface area contributed by atoms with E-state index in [-0.39, 0.29) is 17.2 Å². The standard InChI is InChI=1S/C16H22F3NO/c1-11-8-15(2,3)9-13(11)20-12-6-4-5-7-14(12)21-10-16(17,18)19/h4-7,11,13,20H,8-10H2,1-3H3. The zero-order valence-corrected chi connectivity index (χ0v) is 12.6. The van der Waals surface area contributed by atoms with E-state index in [1.807, 2.05) is 0 Å². The van der Waals surface area contributed by atoms with Gasteiger partial charge < -0.3 is 10.1 Å². The van der Waals surface area contributed by atoms with Gasteiger partial charge in [0.15, 0.2) is 6.61 Å². The SMILES string of the molecule is CC1CC(C)(C)CC1Nc1ccccc1OCC(F)(F)F. The van der Waals surface area contributed by atoms with Gasteiger partial charge in [-0.05, 0) is 36.3 Å². The van der Waals surface area contributed by atoms with Crippen molar-refractivity contribution in [1.82, 2.24) is 0 Å². The van der Waals surface area contributed by atoms with E-state index in [1.54, 1.807) is 24.3 Å². The van der Waals surface area contributed by atoms with E-state index in [9.17, 15) is 13.2 Å². The molecule has 1 aromatic carbocycles. The van der Waals surface area contributed by atoms with E-state index in [4.69, 9.17) is 4.74 Å². The second-order valence-corrected chi connectivity index (χ2v) is 6.70. The Morgan fingerprint density at radius 3 is 2.48 bits per heavy atom. The van der Waals surface area contributed by atoms with Crippen molar-refractivity contribution in [2.45, 2.75) is 45.8 Å². The molecule has 2 nitrogen and oxygen atoms in total. The first kappa shape index (κ1) is 16.0. The summed E-state index contributed by atoms with van der Waals surface area (Å²) in [6.07, 6.45) is -2.21. The molecule has 5 heteroatoms. The van der Waals surface area contributed by atoms with Crippen molar-refractivity contribution in [1.29, 1.82) is 0 Å². The molecule has 1 aliphatic rings. The molecule has 0 amide bonds. The summed E-state index contributed by atoms with van der Waals surface area (Å²) < 4.78 is 41.8. The predicted octanol–water partition coefficient (Wildman–Crippen LogP) is 4.86. The number of benzene rings is 1. The van der Waals surface area contributed by atoms with Crippen molar-refractivity contribution in [3.05, 3.63) is 24.3 Å². The van der Waals surface area contributed by atoms with Gasteiger partial charge >= 0.3 is 6.18 Å². The molecule has 1 aliphatic carbocycles. The lowest BCUT2D eigenvalue weighted by Crippen LogP contribution is -2.24. The lowest BCUT2D eigenvalue weighted by molar-refractivity contribution is -0.153. The third kappa shape index (κ3) is 4.55. The Morgan fingerprint density at radius 1 is 1.24 bits per heavy atom. The minimum atomic E-state index is -4.32. The maximum Gasteiger partial charge on any atom is 0.422 e.